The lowest BCUT2D eigenvalue weighted by Crippen LogP contribution is -2.46. The lowest BCUT2D eigenvalue weighted by molar-refractivity contribution is -0.105. The van der Waals surface area contributed by atoms with E-state index in [-0.39, 0.29) is 11.0 Å². The Morgan fingerprint density at radius 3 is 2.59 bits per heavy atom. The highest BCUT2D eigenvalue weighted by atomic mass is 28.4. The molecular formula is C19H29FN2O4Si. The van der Waals surface area contributed by atoms with Crippen molar-refractivity contribution in [1.82, 2.24) is 9.55 Å². The Hall–Kier alpha value is -1.80. The zero-order valence-electron chi connectivity index (χ0n) is 16.8. The third-order valence-electron chi connectivity index (χ3n) is 6.44. The Morgan fingerprint density at radius 1 is 1.41 bits per heavy atom. The van der Waals surface area contributed by atoms with Crippen molar-refractivity contribution < 1.29 is 13.6 Å². The molecule has 2 atom stereocenters. The van der Waals surface area contributed by atoms with Gasteiger partial charge >= 0.3 is 5.69 Å². The average Bonchev–Trinajstić information content (AvgIpc) is 2.99. The van der Waals surface area contributed by atoms with E-state index in [4.69, 9.17) is 4.43 Å². The summed E-state index contributed by atoms with van der Waals surface area (Å²) in [7, 11) is -2.05. The van der Waals surface area contributed by atoms with Crippen LogP contribution in [0.3, 0.4) is 0 Å². The van der Waals surface area contributed by atoms with E-state index in [1.54, 1.807) is 6.08 Å². The number of nitrogens with zero attached hydrogens (tertiary/aromatic N) is 1. The van der Waals surface area contributed by atoms with Crippen molar-refractivity contribution in [2.45, 2.75) is 58.3 Å². The minimum Gasteiger partial charge on any atom is -0.416 e. The highest BCUT2D eigenvalue weighted by Gasteiger charge is 2.44. The molecule has 1 N–H and O–H groups in total. The number of halogens is 1. The second-order valence-electron chi connectivity index (χ2n) is 8.63. The van der Waals surface area contributed by atoms with Crippen LogP contribution in [0.5, 0.6) is 0 Å². The molecule has 0 saturated carbocycles. The molecule has 0 aromatic carbocycles. The molecule has 0 aliphatic heterocycles. The SMILES string of the molecule is CC(C)C(C)(C)[Si](C)(C)OC[C@H]1C[C@@H](n2cc(F)c(=O)[nH]c2=O)C=C1C=O. The van der Waals surface area contributed by atoms with Crippen molar-refractivity contribution >= 4 is 14.6 Å². The highest BCUT2D eigenvalue weighted by molar-refractivity contribution is 6.74. The quantitative estimate of drug-likeness (QED) is 0.567. The van der Waals surface area contributed by atoms with Crippen LogP contribution in [-0.4, -0.2) is 30.8 Å². The van der Waals surface area contributed by atoms with E-state index in [2.05, 4.69) is 40.8 Å². The van der Waals surface area contributed by atoms with Gasteiger partial charge in [-0.1, -0.05) is 33.8 Å². The highest BCUT2D eigenvalue weighted by Crippen LogP contribution is 2.45. The third kappa shape index (κ3) is 4.21. The maximum absolute atomic E-state index is 13.6. The molecule has 0 amide bonds. The largest absolute Gasteiger partial charge is 0.416 e. The van der Waals surface area contributed by atoms with Gasteiger partial charge in [0.05, 0.1) is 12.2 Å². The molecule has 8 heteroatoms. The lowest BCUT2D eigenvalue weighted by atomic mass is 9.99. The Bertz CT molecular complexity index is 854. The van der Waals surface area contributed by atoms with Crippen molar-refractivity contribution in [3.05, 3.63) is 44.5 Å². The molecule has 6 nitrogen and oxygen atoms in total. The number of carbonyl (C=O) groups is 1. The molecule has 2 rings (SSSR count). The molecule has 1 aromatic rings. The van der Waals surface area contributed by atoms with E-state index >= 15 is 0 Å². The summed E-state index contributed by atoms with van der Waals surface area (Å²) in [5.74, 6) is -0.731. The van der Waals surface area contributed by atoms with E-state index in [1.165, 1.54) is 0 Å². The van der Waals surface area contributed by atoms with Gasteiger partial charge in [0, 0.05) is 12.5 Å². The van der Waals surface area contributed by atoms with Gasteiger partial charge in [-0.05, 0) is 36.0 Å². The Labute approximate surface area is 159 Å². The summed E-state index contributed by atoms with van der Waals surface area (Å²) < 4.78 is 21.1. The second kappa shape index (κ2) is 7.67. The number of nitrogens with one attached hydrogen (secondary N) is 1. The van der Waals surface area contributed by atoms with Gasteiger partial charge in [0.15, 0.2) is 8.32 Å². The number of rotatable bonds is 7. The van der Waals surface area contributed by atoms with E-state index < -0.39 is 31.4 Å². The smallest absolute Gasteiger partial charge is 0.329 e. The number of carbonyl (C=O) groups excluding carboxylic acids is 1. The number of H-pyrrole nitrogens is 1. The number of allylic oxidation sites excluding steroid dienone is 1. The normalized spacial score (nSPS) is 20.8. The third-order valence-corrected chi connectivity index (χ3v) is 11.0. The molecule has 1 aromatic heterocycles. The molecule has 0 spiro atoms. The van der Waals surface area contributed by atoms with Crippen LogP contribution in [0.15, 0.2) is 27.4 Å². The number of hydrogen-bond acceptors (Lipinski definition) is 4. The number of aromatic nitrogens is 2. The first-order chi connectivity index (χ1) is 12.4. The first-order valence-electron chi connectivity index (χ1n) is 9.22. The molecule has 0 saturated heterocycles. The maximum Gasteiger partial charge on any atom is 0.329 e. The van der Waals surface area contributed by atoms with E-state index in [0.717, 1.165) is 17.1 Å². The van der Waals surface area contributed by atoms with Gasteiger partial charge < -0.3 is 4.43 Å². The van der Waals surface area contributed by atoms with Crippen molar-refractivity contribution in [2.75, 3.05) is 6.61 Å². The molecule has 1 aliphatic carbocycles. The van der Waals surface area contributed by atoms with Crippen molar-refractivity contribution in [3.8, 4) is 0 Å². The van der Waals surface area contributed by atoms with Gasteiger partial charge in [0.1, 0.15) is 6.29 Å². The van der Waals surface area contributed by atoms with Crippen LogP contribution in [0.2, 0.25) is 18.1 Å². The van der Waals surface area contributed by atoms with Gasteiger partial charge in [-0.25, -0.2) is 4.79 Å². The summed E-state index contributed by atoms with van der Waals surface area (Å²) in [5, 5.41) is 0.0506. The van der Waals surface area contributed by atoms with E-state index in [9.17, 15) is 18.8 Å². The number of aldehydes is 1. The summed E-state index contributed by atoms with van der Waals surface area (Å²) in [6, 6.07) is -0.486. The Kier molecular flexibility index (Phi) is 6.11. The first-order valence-corrected chi connectivity index (χ1v) is 12.1. The topological polar surface area (TPSA) is 81.2 Å². The summed E-state index contributed by atoms with van der Waals surface area (Å²) >= 11 is 0. The monoisotopic (exact) mass is 396 g/mol. The minimum atomic E-state index is -2.05. The molecule has 150 valence electrons. The molecule has 0 fully saturated rings. The molecule has 0 unspecified atom stereocenters. The minimum absolute atomic E-state index is 0.0506. The summed E-state index contributed by atoms with van der Waals surface area (Å²) in [6.45, 7) is 13.5. The summed E-state index contributed by atoms with van der Waals surface area (Å²) in [4.78, 5) is 36.7. The van der Waals surface area contributed by atoms with Gasteiger partial charge in [-0.15, -0.1) is 0 Å². The predicted molar refractivity (Wildman–Crippen MR) is 105 cm³/mol. The van der Waals surface area contributed by atoms with Crippen LogP contribution >= 0.6 is 0 Å². The fourth-order valence-corrected chi connectivity index (χ4v) is 5.62. The van der Waals surface area contributed by atoms with E-state index in [1.807, 2.05) is 4.98 Å². The maximum atomic E-state index is 13.6. The van der Waals surface area contributed by atoms with Crippen LogP contribution < -0.4 is 11.2 Å². The Morgan fingerprint density at radius 2 is 2.04 bits per heavy atom. The lowest BCUT2D eigenvalue weighted by Gasteiger charge is -2.43. The van der Waals surface area contributed by atoms with Gasteiger partial charge in [-0.3, -0.25) is 19.1 Å². The van der Waals surface area contributed by atoms with Gasteiger partial charge in [0.2, 0.25) is 5.82 Å². The van der Waals surface area contributed by atoms with Gasteiger partial charge in [0.25, 0.3) is 5.56 Å². The summed E-state index contributed by atoms with van der Waals surface area (Å²) in [6.07, 6.45) is 3.77. The standard InChI is InChI=1S/C19H29FN2O4Si/c1-12(2)19(3,4)27(5,6)26-11-14-8-15(7-13(14)10-23)22-9-16(20)17(24)21-18(22)25/h7,9-10,12,14-15H,8,11H2,1-6H3,(H,21,24,25)/t14-,15+/m1/s1. The molecule has 27 heavy (non-hydrogen) atoms. The number of hydrogen-bond donors (Lipinski definition) is 1. The van der Waals surface area contributed by atoms with Crippen LogP contribution in [0.1, 0.15) is 40.2 Å². The molecule has 1 aliphatic rings. The van der Waals surface area contributed by atoms with Crippen LogP contribution in [0.25, 0.3) is 0 Å². The van der Waals surface area contributed by atoms with E-state index in [0.29, 0.717) is 24.5 Å². The number of aromatic amines is 1. The average molecular weight is 397 g/mol. The predicted octanol–water partition coefficient (Wildman–Crippen LogP) is 3.02. The second-order valence-corrected chi connectivity index (χ2v) is 13.2. The van der Waals surface area contributed by atoms with Crippen LogP contribution in [-0.2, 0) is 9.22 Å². The summed E-state index contributed by atoms with van der Waals surface area (Å²) in [5.41, 5.74) is -1.19. The molecule has 1 heterocycles. The van der Waals surface area contributed by atoms with Crippen molar-refractivity contribution in [2.24, 2.45) is 11.8 Å². The molecule has 0 radical (unpaired) electrons. The van der Waals surface area contributed by atoms with Crippen LogP contribution in [0.4, 0.5) is 4.39 Å². The fraction of sp³-hybridized carbons (Fsp3) is 0.632. The fourth-order valence-electron chi connectivity index (χ4n) is 3.24. The zero-order valence-corrected chi connectivity index (χ0v) is 17.8. The first kappa shape index (κ1) is 21.5. The Balaban J connectivity index is 2.19. The molecule has 0 bridgehead atoms. The van der Waals surface area contributed by atoms with Crippen molar-refractivity contribution in [3.63, 3.8) is 0 Å². The molecular weight excluding hydrogens is 367 g/mol. The van der Waals surface area contributed by atoms with Gasteiger partial charge in [-0.2, -0.15) is 4.39 Å². The van der Waals surface area contributed by atoms with Crippen molar-refractivity contribution in [1.29, 1.82) is 0 Å². The zero-order chi connectivity index (χ0) is 20.6. The van der Waals surface area contributed by atoms with Crippen LogP contribution in [0, 0.1) is 17.7 Å².